The van der Waals surface area contributed by atoms with E-state index in [9.17, 15) is 18.0 Å². The molecule has 31 heavy (non-hydrogen) atoms. The van der Waals surface area contributed by atoms with Crippen LogP contribution in [-0.4, -0.2) is 51.0 Å². The van der Waals surface area contributed by atoms with Crippen LogP contribution in [0, 0.1) is 20.8 Å². The molecule has 0 radical (unpaired) electrons. The monoisotopic (exact) mass is 445 g/mol. The normalized spacial score (nSPS) is 12.2. The quantitative estimate of drug-likeness (QED) is 0.677. The highest BCUT2D eigenvalue weighted by Gasteiger charge is 2.29. The van der Waals surface area contributed by atoms with Gasteiger partial charge in [-0.3, -0.25) is 13.9 Å². The predicted molar refractivity (Wildman–Crippen MR) is 123 cm³/mol. The number of nitrogens with zero attached hydrogens (tertiary/aromatic N) is 2. The van der Waals surface area contributed by atoms with Crippen LogP contribution in [0.3, 0.4) is 0 Å². The van der Waals surface area contributed by atoms with E-state index in [1.54, 1.807) is 19.1 Å². The predicted octanol–water partition coefficient (Wildman–Crippen LogP) is 2.54. The van der Waals surface area contributed by atoms with Gasteiger partial charge in [-0.2, -0.15) is 0 Å². The largest absolute Gasteiger partial charge is 0.357 e. The van der Waals surface area contributed by atoms with E-state index in [2.05, 4.69) is 5.32 Å². The van der Waals surface area contributed by atoms with Crippen LogP contribution in [0.25, 0.3) is 0 Å². The van der Waals surface area contributed by atoms with E-state index in [0.29, 0.717) is 5.69 Å². The number of rotatable bonds is 8. The van der Waals surface area contributed by atoms with Gasteiger partial charge >= 0.3 is 0 Å². The van der Waals surface area contributed by atoms with Gasteiger partial charge in [0.2, 0.25) is 21.8 Å². The third-order valence-corrected chi connectivity index (χ3v) is 6.20. The molecule has 0 spiro atoms. The van der Waals surface area contributed by atoms with E-state index in [0.717, 1.165) is 32.8 Å². The average Bonchev–Trinajstić information content (AvgIpc) is 2.68. The summed E-state index contributed by atoms with van der Waals surface area (Å²) in [5, 5.41) is 2.56. The maximum Gasteiger partial charge on any atom is 0.244 e. The highest BCUT2D eigenvalue weighted by Crippen LogP contribution is 2.22. The van der Waals surface area contributed by atoms with E-state index in [1.807, 2.05) is 51.1 Å². The Morgan fingerprint density at radius 3 is 2.00 bits per heavy atom. The molecule has 2 aromatic rings. The molecule has 168 valence electrons. The molecule has 0 aliphatic heterocycles. The number of hydrogen-bond donors (Lipinski definition) is 1. The molecule has 0 bridgehead atoms. The number of carbonyl (C=O) groups excluding carboxylic acids is 2. The Morgan fingerprint density at radius 1 is 0.968 bits per heavy atom. The number of amides is 2. The van der Waals surface area contributed by atoms with Gasteiger partial charge in [0.25, 0.3) is 0 Å². The molecule has 0 aliphatic carbocycles. The van der Waals surface area contributed by atoms with Crippen LogP contribution in [0.4, 0.5) is 5.69 Å². The summed E-state index contributed by atoms with van der Waals surface area (Å²) in [6.07, 6.45) is 1.07. The number of sulfonamides is 1. The Labute approximate surface area is 185 Å². The van der Waals surface area contributed by atoms with Crippen molar-refractivity contribution in [1.29, 1.82) is 0 Å². The molecule has 0 saturated carbocycles. The highest BCUT2D eigenvalue weighted by atomic mass is 32.2. The fourth-order valence-corrected chi connectivity index (χ4v) is 4.22. The van der Waals surface area contributed by atoms with Crippen molar-refractivity contribution in [2.24, 2.45) is 0 Å². The van der Waals surface area contributed by atoms with Crippen LogP contribution in [0.1, 0.15) is 29.2 Å². The van der Waals surface area contributed by atoms with E-state index < -0.39 is 28.5 Å². The molecular weight excluding hydrogens is 414 g/mol. The van der Waals surface area contributed by atoms with Crippen molar-refractivity contribution >= 4 is 27.5 Å². The van der Waals surface area contributed by atoms with Crippen molar-refractivity contribution in [2.45, 2.75) is 40.3 Å². The molecule has 2 rings (SSSR count). The van der Waals surface area contributed by atoms with Gasteiger partial charge in [-0.25, -0.2) is 8.42 Å². The van der Waals surface area contributed by atoms with Gasteiger partial charge in [-0.05, 0) is 56.5 Å². The molecule has 0 aliphatic rings. The first-order valence-corrected chi connectivity index (χ1v) is 11.9. The van der Waals surface area contributed by atoms with Crippen LogP contribution < -0.4 is 9.62 Å². The number of hydrogen-bond acceptors (Lipinski definition) is 4. The molecule has 8 heteroatoms. The molecule has 0 heterocycles. The van der Waals surface area contributed by atoms with Gasteiger partial charge < -0.3 is 10.2 Å². The Kier molecular flexibility index (Phi) is 7.84. The molecule has 2 aromatic carbocycles. The van der Waals surface area contributed by atoms with Crippen molar-refractivity contribution in [3.63, 3.8) is 0 Å². The minimum Gasteiger partial charge on any atom is -0.357 e. The first kappa shape index (κ1) is 24.4. The lowest BCUT2D eigenvalue weighted by Crippen LogP contribution is -2.50. The molecule has 0 saturated heterocycles. The van der Waals surface area contributed by atoms with Crippen molar-refractivity contribution in [3.8, 4) is 0 Å². The SMILES string of the molecule is CNC(=O)[C@@H](C)N(Cc1ccc(C)cc1)C(=O)CN(c1cc(C)cc(C)c1)S(C)(=O)=O. The number of aryl methyl sites for hydroxylation is 3. The number of nitrogens with one attached hydrogen (secondary N) is 1. The standard InChI is InChI=1S/C23H31N3O4S/c1-16-7-9-20(10-8-16)14-25(19(4)23(28)24-5)22(27)15-26(31(6,29)30)21-12-17(2)11-18(3)13-21/h7-13,19H,14-15H2,1-6H3,(H,24,28)/t19-/m1/s1. The summed E-state index contributed by atoms with van der Waals surface area (Å²) in [7, 11) is -2.22. The average molecular weight is 446 g/mol. The minimum absolute atomic E-state index is 0.193. The van der Waals surface area contributed by atoms with Gasteiger partial charge in [-0.15, -0.1) is 0 Å². The molecule has 0 unspecified atom stereocenters. The molecule has 2 amide bonds. The van der Waals surface area contributed by atoms with Gasteiger partial charge in [0, 0.05) is 13.6 Å². The fourth-order valence-electron chi connectivity index (χ4n) is 3.39. The third-order valence-electron chi connectivity index (χ3n) is 5.06. The summed E-state index contributed by atoms with van der Waals surface area (Å²) in [5.74, 6) is -0.779. The van der Waals surface area contributed by atoms with Crippen molar-refractivity contribution in [3.05, 3.63) is 64.7 Å². The van der Waals surface area contributed by atoms with Crippen LogP contribution >= 0.6 is 0 Å². The molecule has 0 aromatic heterocycles. The summed E-state index contributed by atoms with van der Waals surface area (Å²) < 4.78 is 26.2. The summed E-state index contributed by atoms with van der Waals surface area (Å²) >= 11 is 0. The van der Waals surface area contributed by atoms with E-state index in [4.69, 9.17) is 0 Å². The maximum atomic E-state index is 13.3. The third kappa shape index (κ3) is 6.55. The van der Waals surface area contributed by atoms with Crippen LogP contribution in [-0.2, 0) is 26.2 Å². The van der Waals surface area contributed by atoms with Gasteiger partial charge in [0.05, 0.1) is 11.9 Å². The Bertz CT molecular complexity index is 1030. The summed E-state index contributed by atoms with van der Waals surface area (Å²) in [6.45, 7) is 7.14. The Hall–Kier alpha value is -2.87. The molecule has 7 nitrogen and oxygen atoms in total. The molecule has 1 atom stereocenters. The van der Waals surface area contributed by atoms with Crippen molar-refractivity contribution < 1.29 is 18.0 Å². The number of anilines is 1. The van der Waals surface area contributed by atoms with E-state index in [-0.39, 0.29) is 12.5 Å². The zero-order valence-corrected chi connectivity index (χ0v) is 19.8. The highest BCUT2D eigenvalue weighted by molar-refractivity contribution is 7.92. The zero-order valence-electron chi connectivity index (χ0n) is 19.0. The summed E-state index contributed by atoms with van der Waals surface area (Å²) in [5.41, 5.74) is 4.15. The second-order valence-corrected chi connectivity index (χ2v) is 9.82. The van der Waals surface area contributed by atoms with Gasteiger partial charge in [0.15, 0.2) is 0 Å². The Morgan fingerprint density at radius 2 is 1.52 bits per heavy atom. The number of likely N-dealkylation sites (N-methyl/N-ethyl adjacent to an activating group) is 1. The topological polar surface area (TPSA) is 86.8 Å². The number of benzene rings is 2. The zero-order chi connectivity index (χ0) is 23.3. The van der Waals surface area contributed by atoms with Gasteiger partial charge in [0.1, 0.15) is 12.6 Å². The summed E-state index contributed by atoms with van der Waals surface area (Å²) in [4.78, 5) is 27.0. The van der Waals surface area contributed by atoms with Crippen LogP contribution in [0.2, 0.25) is 0 Å². The second kappa shape index (κ2) is 9.96. The Balaban J connectivity index is 2.40. The van der Waals surface area contributed by atoms with Crippen LogP contribution in [0.15, 0.2) is 42.5 Å². The first-order valence-electron chi connectivity index (χ1n) is 10.0. The smallest absolute Gasteiger partial charge is 0.244 e. The molecule has 0 fully saturated rings. The van der Waals surface area contributed by atoms with Crippen LogP contribution in [0.5, 0.6) is 0 Å². The second-order valence-electron chi connectivity index (χ2n) is 7.91. The minimum atomic E-state index is -3.72. The fraction of sp³-hybridized carbons (Fsp3) is 0.391. The lowest BCUT2D eigenvalue weighted by atomic mass is 10.1. The lowest BCUT2D eigenvalue weighted by molar-refractivity contribution is -0.139. The lowest BCUT2D eigenvalue weighted by Gasteiger charge is -2.31. The number of carbonyl (C=O) groups is 2. The first-order chi connectivity index (χ1) is 14.4. The van der Waals surface area contributed by atoms with Gasteiger partial charge in [-0.1, -0.05) is 35.9 Å². The molecular formula is C23H31N3O4S. The van der Waals surface area contributed by atoms with Crippen molar-refractivity contribution in [1.82, 2.24) is 10.2 Å². The van der Waals surface area contributed by atoms with E-state index in [1.165, 1.54) is 11.9 Å². The van der Waals surface area contributed by atoms with Crippen molar-refractivity contribution in [2.75, 3.05) is 24.2 Å². The maximum absolute atomic E-state index is 13.3. The van der Waals surface area contributed by atoms with E-state index >= 15 is 0 Å². The molecule has 1 N–H and O–H groups in total. The summed E-state index contributed by atoms with van der Waals surface area (Å²) in [6, 6.07) is 12.3.